The number of piperidine rings is 1. The van der Waals surface area contributed by atoms with Crippen LogP contribution in [0.2, 0.25) is 0 Å². The van der Waals surface area contributed by atoms with E-state index < -0.39 is 0 Å². The van der Waals surface area contributed by atoms with Crippen molar-refractivity contribution in [2.75, 3.05) is 11.9 Å². The molecule has 118 valence electrons. The van der Waals surface area contributed by atoms with Crippen LogP contribution in [-0.4, -0.2) is 29.3 Å². The van der Waals surface area contributed by atoms with Gasteiger partial charge in [0.1, 0.15) is 0 Å². The lowest BCUT2D eigenvalue weighted by Crippen LogP contribution is -2.43. The first kappa shape index (κ1) is 15.1. The molecule has 1 atom stereocenters. The zero-order valence-electron chi connectivity index (χ0n) is 13.2. The number of benzene rings is 1. The molecule has 22 heavy (non-hydrogen) atoms. The van der Waals surface area contributed by atoms with E-state index in [1.165, 1.54) is 6.42 Å². The fourth-order valence-corrected chi connectivity index (χ4v) is 3.14. The molecule has 1 saturated carbocycles. The lowest BCUT2D eigenvalue weighted by atomic mass is 9.99. The molecule has 1 saturated heterocycles. The Hall–Kier alpha value is -1.84. The van der Waals surface area contributed by atoms with Crippen molar-refractivity contribution in [3.05, 3.63) is 29.8 Å². The fraction of sp³-hybridized carbons (Fsp3) is 0.556. The van der Waals surface area contributed by atoms with Crippen LogP contribution in [0.1, 0.15) is 55.8 Å². The normalized spacial score (nSPS) is 21.5. The molecular weight excluding hydrogens is 276 g/mol. The molecule has 0 radical (unpaired) electrons. The molecule has 4 heteroatoms. The third-order valence-electron chi connectivity index (χ3n) is 4.71. The van der Waals surface area contributed by atoms with Gasteiger partial charge in [-0.15, -0.1) is 0 Å². The van der Waals surface area contributed by atoms with Crippen LogP contribution in [0, 0.1) is 5.92 Å². The van der Waals surface area contributed by atoms with Crippen LogP contribution in [0.5, 0.6) is 0 Å². The van der Waals surface area contributed by atoms with Crippen LogP contribution in [0.15, 0.2) is 24.3 Å². The summed E-state index contributed by atoms with van der Waals surface area (Å²) in [4.78, 5) is 26.4. The van der Waals surface area contributed by atoms with Gasteiger partial charge in [0.25, 0.3) is 5.91 Å². The molecule has 1 heterocycles. The monoisotopic (exact) mass is 300 g/mol. The summed E-state index contributed by atoms with van der Waals surface area (Å²) in [5, 5.41) is 2.91. The fourth-order valence-electron chi connectivity index (χ4n) is 3.14. The summed E-state index contributed by atoms with van der Waals surface area (Å²) in [5.41, 5.74) is 1.49. The molecule has 2 aliphatic rings. The summed E-state index contributed by atoms with van der Waals surface area (Å²) in [5.74, 6) is 0.410. The molecule has 0 bridgehead atoms. The topological polar surface area (TPSA) is 49.4 Å². The lowest BCUT2D eigenvalue weighted by Gasteiger charge is -2.35. The van der Waals surface area contributed by atoms with Gasteiger partial charge in [-0.1, -0.05) is 6.92 Å². The molecule has 1 aliphatic heterocycles. The van der Waals surface area contributed by atoms with E-state index in [0.29, 0.717) is 11.6 Å². The Kier molecular flexibility index (Phi) is 4.46. The van der Waals surface area contributed by atoms with E-state index in [1.54, 1.807) is 0 Å². The smallest absolute Gasteiger partial charge is 0.254 e. The van der Waals surface area contributed by atoms with E-state index in [0.717, 1.165) is 44.3 Å². The molecular formula is C18H24N2O2. The number of carbonyl (C=O) groups excluding carboxylic acids is 2. The van der Waals surface area contributed by atoms with Crippen LogP contribution < -0.4 is 5.32 Å². The van der Waals surface area contributed by atoms with Gasteiger partial charge in [0.2, 0.25) is 5.91 Å². The quantitative estimate of drug-likeness (QED) is 0.926. The highest BCUT2D eigenvalue weighted by molar-refractivity contribution is 5.97. The number of hydrogen-bond donors (Lipinski definition) is 1. The molecule has 1 aromatic rings. The van der Waals surface area contributed by atoms with Crippen molar-refractivity contribution in [2.24, 2.45) is 5.92 Å². The van der Waals surface area contributed by atoms with E-state index in [2.05, 4.69) is 12.2 Å². The summed E-state index contributed by atoms with van der Waals surface area (Å²) in [7, 11) is 0. The van der Waals surface area contributed by atoms with Gasteiger partial charge in [0.15, 0.2) is 0 Å². The van der Waals surface area contributed by atoms with E-state index in [1.807, 2.05) is 29.2 Å². The number of rotatable bonds is 4. The lowest BCUT2D eigenvalue weighted by molar-refractivity contribution is -0.117. The van der Waals surface area contributed by atoms with Crippen molar-refractivity contribution in [1.82, 2.24) is 4.90 Å². The van der Waals surface area contributed by atoms with Crippen molar-refractivity contribution < 1.29 is 9.59 Å². The van der Waals surface area contributed by atoms with E-state index in [9.17, 15) is 9.59 Å². The largest absolute Gasteiger partial charge is 0.336 e. The Morgan fingerprint density at radius 3 is 2.50 bits per heavy atom. The van der Waals surface area contributed by atoms with Gasteiger partial charge >= 0.3 is 0 Å². The van der Waals surface area contributed by atoms with E-state index in [4.69, 9.17) is 0 Å². The van der Waals surface area contributed by atoms with Crippen LogP contribution in [0.4, 0.5) is 5.69 Å². The highest BCUT2D eigenvalue weighted by Crippen LogP contribution is 2.30. The maximum atomic E-state index is 12.7. The molecule has 4 nitrogen and oxygen atoms in total. The summed E-state index contributed by atoms with van der Waals surface area (Å²) in [6.07, 6.45) is 6.43. The Morgan fingerprint density at radius 2 is 1.86 bits per heavy atom. The van der Waals surface area contributed by atoms with Crippen molar-refractivity contribution in [3.63, 3.8) is 0 Å². The molecule has 1 N–H and O–H groups in total. The van der Waals surface area contributed by atoms with Crippen LogP contribution >= 0.6 is 0 Å². The van der Waals surface area contributed by atoms with Crippen LogP contribution in [0.25, 0.3) is 0 Å². The molecule has 1 aliphatic carbocycles. The second kappa shape index (κ2) is 6.51. The van der Waals surface area contributed by atoms with E-state index in [-0.39, 0.29) is 17.7 Å². The molecule has 0 spiro atoms. The second-order valence-electron chi connectivity index (χ2n) is 6.40. The molecule has 1 unspecified atom stereocenters. The summed E-state index contributed by atoms with van der Waals surface area (Å²) in [6.45, 7) is 3.00. The number of hydrogen-bond acceptors (Lipinski definition) is 2. The number of likely N-dealkylation sites (tertiary alicyclic amines) is 1. The summed E-state index contributed by atoms with van der Waals surface area (Å²) in [6, 6.07) is 7.69. The molecule has 2 amide bonds. The van der Waals surface area contributed by atoms with Gasteiger partial charge in [-0.25, -0.2) is 0 Å². The maximum absolute atomic E-state index is 12.7. The zero-order chi connectivity index (χ0) is 15.5. The minimum atomic E-state index is 0.0983. The first-order chi connectivity index (χ1) is 10.7. The minimum Gasteiger partial charge on any atom is -0.336 e. The van der Waals surface area contributed by atoms with Gasteiger partial charge in [-0.2, -0.15) is 0 Å². The molecule has 3 rings (SSSR count). The predicted molar refractivity (Wildman–Crippen MR) is 86.8 cm³/mol. The zero-order valence-corrected chi connectivity index (χ0v) is 13.2. The number of amides is 2. The third kappa shape index (κ3) is 3.32. The highest BCUT2D eigenvalue weighted by atomic mass is 16.2. The Labute approximate surface area is 131 Å². The average molecular weight is 300 g/mol. The number of carbonyl (C=O) groups is 2. The van der Waals surface area contributed by atoms with E-state index >= 15 is 0 Å². The standard InChI is InChI=1S/C18H24N2O2/c1-2-16-5-3-4-12-20(16)18(22)14-8-10-15(11-9-14)19-17(21)13-6-7-13/h8-11,13,16H,2-7,12H2,1H3,(H,19,21). The third-order valence-corrected chi connectivity index (χ3v) is 4.71. The van der Waals surface area contributed by atoms with Gasteiger partial charge in [-0.3, -0.25) is 9.59 Å². The number of nitrogens with zero attached hydrogens (tertiary/aromatic N) is 1. The van der Waals surface area contributed by atoms with Crippen LogP contribution in [0.3, 0.4) is 0 Å². The molecule has 1 aromatic carbocycles. The Bertz CT molecular complexity index is 549. The first-order valence-corrected chi connectivity index (χ1v) is 8.41. The van der Waals surface area contributed by atoms with Gasteiger partial charge < -0.3 is 10.2 Å². The number of anilines is 1. The maximum Gasteiger partial charge on any atom is 0.254 e. The van der Waals surface area contributed by atoms with Crippen molar-refractivity contribution in [1.29, 1.82) is 0 Å². The molecule has 0 aromatic heterocycles. The van der Waals surface area contributed by atoms with Crippen LogP contribution in [-0.2, 0) is 4.79 Å². The Balaban J connectivity index is 1.66. The second-order valence-corrected chi connectivity index (χ2v) is 6.40. The van der Waals surface area contributed by atoms with Gasteiger partial charge in [-0.05, 0) is 62.8 Å². The predicted octanol–water partition coefficient (Wildman–Crippen LogP) is 3.44. The van der Waals surface area contributed by atoms with Gasteiger partial charge in [0.05, 0.1) is 0 Å². The average Bonchev–Trinajstić information content (AvgIpc) is 3.40. The highest BCUT2D eigenvalue weighted by Gasteiger charge is 2.29. The molecule has 2 fully saturated rings. The summed E-state index contributed by atoms with van der Waals surface area (Å²) < 4.78 is 0. The first-order valence-electron chi connectivity index (χ1n) is 8.41. The Morgan fingerprint density at radius 1 is 1.14 bits per heavy atom. The van der Waals surface area contributed by atoms with Crippen molar-refractivity contribution in [3.8, 4) is 0 Å². The van der Waals surface area contributed by atoms with Crippen molar-refractivity contribution >= 4 is 17.5 Å². The summed E-state index contributed by atoms with van der Waals surface area (Å²) >= 11 is 0. The van der Waals surface area contributed by atoms with Gasteiger partial charge in [0, 0.05) is 29.8 Å². The SMILES string of the molecule is CCC1CCCCN1C(=O)c1ccc(NC(=O)C2CC2)cc1. The number of nitrogens with one attached hydrogen (secondary N) is 1. The van der Waals surface area contributed by atoms with Crippen molar-refractivity contribution in [2.45, 2.75) is 51.5 Å². The minimum absolute atomic E-state index is 0.0983.